The quantitative estimate of drug-likeness (QED) is 0.271. The summed E-state index contributed by atoms with van der Waals surface area (Å²) in [5.74, 6) is 0.744. The topological polar surface area (TPSA) is 47.3 Å². The Kier molecular flexibility index (Phi) is 6.11. The number of nitrogens with zero attached hydrogens (tertiary/aromatic N) is 2. The van der Waals surface area contributed by atoms with Gasteiger partial charge in [-0.05, 0) is 22.8 Å². The van der Waals surface area contributed by atoms with Crippen LogP contribution in [0.5, 0.6) is 5.75 Å². The van der Waals surface area contributed by atoms with Gasteiger partial charge in [-0.2, -0.15) is 0 Å². The molecule has 1 aromatic heterocycles. The lowest BCUT2D eigenvalue weighted by Crippen LogP contribution is -2.37. The van der Waals surface area contributed by atoms with Gasteiger partial charge in [-0.25, -0.2) is 4.98 Å². The number of aliphatic hydroxyl groups excluding tert-OH is 1. The van der Waals surface area contributed by atoms with E-state index in [2.05, 4.69) is 109 Å². The second-order valence-electron chi connectivity index (χ2n) is 9.75. The molecule has 0 saturated heterocycles. The van der Waals surface area contributed by atoms with Gasteiger partial charge in [0.25, 0.3) is 0 Å². The number of imidazole rings is 1. The van der Waals surface area contributed by atoms with E-state index in [1.54, 1.807) is 0 Å². The van der Waals surface area contributed by atoms with Crippen LogP contribution in [-0.4, -0.2) is 20.8 Å². The summed E-state index contributed by atoms with van der Waals surface area (Å²) in [5, 5.41) is 10.8. The summed E-state index contributed by atoms with van der Waals surface area (Å²) in [6, 6.07) is 39.5. The average Bonchev–Trinajstić information content (AvgIpc) is 3.45. The Hall–Kier alpha value is -4.15. The van der Waals surface area contributed by atoms with Crippen LogP contribution in [0.25, 0.3) is 0 Å². The first kappa shape index (κ1) is 23.3. The lowest BCUT2D eigenvalue weighted by atomic mass is 9.76. The molecule has 0 spiro atoms. The molecular formula is C33H30N2O2. The summed E-state index contributed by atoms with van der Waals surface area (Å²) in [4.78, 5) is 4.92. The Labute approximate surface area is 217 Å². The lowest BCUT2D eigenvalue weighted by molar-refractivity contribution is 0.0540. The maximum atomic E-state index is 10.8. The maximum absolute atomic E-state index is 10.8. The summed E-state index contributed by atoms with van der Waals surface area (Å²) in [5.41, 5.74) is 4.65. The molecule has 4 nitrogen and oxygen atoms in total. The fourth-order valence-electron chi connectivity index (χ4n) is 5.66. The zero-order chi connectivity index (χ0) is 25.2. The molecule has 4 heteroatoms. The van der Waals surface area contributed by atoms with Gasteiger partial charge in [0.1, 0.15) is 17.4 Å². The smallest absolute Gasteiger partial charge is 0.125 e. The van der Waals surface area contributed by atoms with E-state index in [0.29, 0.717) is 6.42 Å². The normalized spacial score (nSPS) is 18.0. The SMILES string of the molecule is CC(c1cn(C(c2ccccc2)(c2ccccc2)c2ccccc2)cn1)C1CC(O)c2ccccc2O1. The minimum Gasteiger partial charge on any atom is -0.489 e. The molecule has 1 aliphatic rings. The molecule has 0 radical (unpaired) electrons. The van der Waals surface area contributed by atoms with Crippen molar-refractivity contribution in [2.75, 3.05) is 0 Å². The van der Waals surface area contributed by atoms with Gasteiger partial charge in [0.05, 0.1) is 18.1 Å². The van der Waals surface area contributed by atoms with E-state index in [1.807, 2.05) is 30.6 Å². The van der Waals surface area contributed by atoms with Gasteiger partial charge in [0.15, 0.2) is 0 Å². The molecule has 0 amide bonds. The van der Waals surface area contributed by atoms with Gasteiger partial charge < -0.3 is 14.4 Å². The van der Waals surface area contributed by atoms with Crippen molar-refractivity contribution in [2.24, 2.45) is 0 Å². The molecule has 6 rings (SSSR count). The zero-order valence-electron chi connectivity index (χ0n) is 20.8. The van der Waals surface area contributed by atoms with Crippen molar-refractivity contribution >= 4 is 0 Å². The number of hydrogen-bond donors (Lipinski definition) is 1. The fourth-order valence-corrected chi connectivity index (χ4v) is 5.66. The molecule has 37 heavy (non-hydrogen) atoms. The van der Waals surface area contributed by atoms with Crippen molar-refractivity contribution in [3.63, 3.8) is 0 Å². The van der Waals surface area contributed by atoms with Gasteiger partial charge >= 0.3 is 0 Å². The number of aromatic nitrogens is 2. The van der Waals surface area contributed by atoms with E-state index < -0.39 is 11.6 Å². The highest BCUT2D eigenvalue weighted by Gasteiger charge is 2.39. The van der Waals surface area contributed by atoms with Gasteiger partial charge in [-0.1, -0.05) is 116 Å². The number of rotatable bonds is 6. The summed E-state index contributed by atoms with van der Waals surface area (Å²) in [7, 11) is 0. The summed E-state index contributed by atoms with van der Waals surface area (Å²) >= 11 is 0. The van der Waals surface area contributed by atoms with E-state index in [9.17, 15) is 5.11 Å². The van der Waals surface area contributed by atoms with Gasteiger partial charge in [-0.15, -0.1) is 0 Å². The fraction of sp³-hybridized carbons (Fsp3) is 0.182. The van der Waals surface area contributed by atoms with Crippen LogP contribution in [0, 0.1) is 0 Å². The number of ether oxygens (including phenoxy) is 1. The number of fused-ring (bicyclic) bond motifs is 1. The van der Waals surface area contributed by atoms with Crippen LogP contribution in [-0.2, 0) is 5.54 Å². The van der Waals surface area contributed by atoms with Crippen LogP contribution >= 0.6 is 0 Å². The summed E-state index contributed by atoms with van der Waals surface area (Å²) in [6.07, 6.45) is 3.90. The molecule has 0 saturated carbocycles. The Morgan fingerprint density at radius 1 is 0.784 bits per heavy atom. The maximum Gasteiger partial charge on any atom is 0.125 e. The highest BCUT2D eigenvalue weighted by atomic mass is 16.5. The van der Waals surface area contributed by atoms with Crippen LogP contribution in [0.3, 0.4) is 0 Å². The van der Waals surface area contributed by atoms with E-state index in [-0.39, 0.29) is 12.0 Å². The third-order valence-electron chi connectivity index (χ3n) is 7.60. The van der Waals surface area contributed by atoms with Crippen molar-refractivity contribution < 1.29 is 9.84 Å². The van der Waals surface area contributed by atoms with Crippen LogP contribution in [0.15, 0.2) is 128 Å². The van der Waals surface area contributed by atoms with Crippen molar-refractivity contribution in [2.45, 2.75) is 37.0 Å². The predicted octanol–water partition coefficient (Wildman–Crippen LogP) is 6.71. The predicted molar refractivity (Wildman–Crippen MR) is 146 cm³/mol. The Bertz CT molecular complexity index is 1370. The van der Waals surface area contributed by atoms with Crippen LogP contribution in [0.4, 0.5) is 0 Å². The van der Waals surface area contributed by atoms with Crippen molar-refractivity contribution in [1.82, 2.24) is 9.55 Å². The molecule has 0 bridgehead atoms. The first-order valence-corrected chi connectivity index (χ1v) is 12.8. The summed E-state index contributed by atoms with van der Waals surface area (Å²) in [6.45, 7) is 2.13. The molecule has 1 N–H and O–H groups in total. The molecule has 0 fully saturated rings. The van der Waals surface area contributed by atoms with Crippen LogP contribution in [0.2, 0.25) is 0 Å². The number of para-hydroxylation sites is 1. The van der Waals surface area contributed by atoms with Gasteiger partial charge in [-0.3, -0.25) is 0 Å². The van der Waals surface area contributed by atoms with Crippen LogP contribution in [0.1, 0.15) is 53.3 Å². The number of benzene rings is 4. The van der Waals surface area contributed by atoms with Crippen molar-refractivity contribution in [1.29, 1.82) is 0 Å². The second kappa shape index (κ2) is 9.72. The number of hydrogen-bond acceptors (Lipinski definition) is 3. The highest BCUT2D eigenvalue weighted by molar-refractivity contribution is 5.50. The molecule has 3 atom stereocenters. The van der Waals surface area contributed by atoms with Gasteiger partial charge in [0.2, 0.25) is 0 Å². The minimum atomic E-state index is -0.603. The summed E-state index contributed by atoms with van der Waals surface area (Å²) < 4.78 is 8.59. The second-order valence-corrected chi connectivity index (χ2v) is 9.75. The largest absolute Gasteiger partial charge is 0.489 e. The monoisotopic (exact) mass is 486 g/mol. The van der Waals surface area contributed by atoms with E-state index in [1.165, 1.54) is 0 Å². The molecular weight excluding hydrogens is 456 g/mol. The first-order valence-electron chi connectivity index (χ1n) is 12.8. The molecule has 2 heterocycles. The average molecular weight is 487 g/mol. The Balaban J connectivity index is 1.47. The third-order valence-corrected chi connectivity index (χ3v) is 7.60. The molecule has 1 aliphatic heterocycles. The molecule has 3 unspecified atom stereocenters. The molecule has 5 aromatic rings. The van der Waals surface area contributed by atoms with E-state index in [0.717, 1.165) is 33.7 Å². The molecule has 184 valence electrons. The van der Waals surface area contributed by atoms with Crippen LogP contribution < -0.4 is 4.74 Å². The van der Waals surface area contributed by atoms with Crippen molar-refractivity contribution in [3.05, 3.63) is 156 Å². The minimum absolute atomic E-state index is 0.00993. The van der Waals surface area contributed by atoms with Crippen molar-refractivity contribution in [3.8, 4) is 5.75 Å². The lowest BCUT2D eigenvalue weighted by Gasteiger charge is -2.37. The molecule has 0 aliphatic carbocycles. The van der Waals surface area contributed by atoms with Gasteiger partial charge in [0, 0.05) is 24.1 Å². The zero-order valence-corrected chi connectivity index (χ0v) is 20.8. The first-order chi connectivity index (χ1) is 18.2. The third kappa shape index (κ3) is 4.04. The van der Waals surface area contributed by atoms with E-state index >= 15 is 0 Å². The Morgan fingerprint density at radius 3 is 1.86 bits per heavy atom. The molecule has 4 aromatic carbocycles. The van der Waals surface area contributed by atoms with E-state index in [4.69, 9.17) is 9.72 Å². The number of aliphatic hydroxyl groups is 1. The Morgan fingerprint density at radius 2 is 1.30 bits per heavy atom. The standard InChI is InChI=1S/C33H30N2O2/c1-24(32-21-30(36)28-19-11-12-20-31(28)37-32)29-22-35(23-34-29)33(25-13-5-2-6-14-25,26-15-7-3-8-16-26)27-17-9-4-10-18-27/h2-20,22-24,30,32,36H,21H2,1H3. The highest BCUT2D eigenvalue weighted by Crippen LogP contribution is 2.42.